The van der Waals surface area contributed by atoms with Crippen molar-refractivity contribution in [1.82, 2.24) is 24.9 Å². The molecule has 0 saturated carbocycles. The number of rotatable bonds is 6. The zero-order valence-electron chi connectivity index (χ0n) is 18.2. The second kappa shape index (κ2) is 9.29. The maximum absolute atomic E-state index is 14.4. The van der Waals surface area contributed by atoms with E-state index in [4.69, 9.17) is 10.3 Å². The maximum atomic E-state index is 14.4. The van der Waals surface area contributed by atoms with Gasteiger partial charge in [0, 0.05) is 18.1 Å². The quantitative estimate of drug-likeness (QED) is 0.428. The Hall–Kier alpha value is -4.67. The van der Waals surface area contributed by atoms with Gasteiger partial charge in [0.1, 0.15) is 35.3 Å². The Labute approximate surface area is 198 Å². The lowest BCUT2D eigenvalue weighted by Crippen LogP contribution is -2.15. The van der Waals surface area contributed by atoms with E-state index in [1.54, 1.807) is 29.0 Å². The topological polar surface area (TPSA) is 125 Å². The first kappa shape index (κ1) is 22.1. The molecule has 3 heterocycles. The third-order valence-electron chi connectivity index (χ3n) is 5.41. The van der Waals surface area contributed by atoms with Gasteiger partial charge in [-0.3, -0.25) is 9.48 Å². The van der Waals surface area contributed by atoms with Gasteiger partial charge in [0.25, 0.3) is 5.91 Å². The fourth-order valence-electron chi connectivity index (χ4n) is 3.58. The normalized spacial score (nSPS) is 15.1. The molecule has 1 unspecified atom stereocenters. The largest absolute Gasteiger partial charge is 0.382 e. The molecule has 1 aromatic carbocycles. The third-order valence-corrected chi connectivity index (χ3v) is 5.41. The average Bonchev–Trinajstić information content (AvgIpc) is 3.52. The second-order valence-corrected chi connectivity index (χ2v) is 7.78. The zero-order chi connectivity index (χ0) is 24.4. The Morgan fingerprint density at radius 2 is 2.06 bits per heavy atom. The summed E-state index contributed by atoms with van der Waals surface area (Å²) in [5, 5.41) is 11.1. The number of allylic oxidation sites excluding steroid dienone is 4. The monoisotopic (exact) mass is 475 g/mol. The number of alkyl halides is 1. The van der Waals surface area contributed by atoms with E-state index in [0.717, 1.165) is 0 Å². The highest BCUT2D eigenvalue weighted by molar-refractivity contribution is 6.05. The number of carbonyl (C=O) groups is 1. The molecule has 4 aromatic rings. The molecule has 35 heavy (non-hydrogen) atoms. The lowest BCUT2D eigenvalue weighted by atomic mass is 10.0. The third kappa shape index (κ3) is 4.69. The molecule has 0 bridgehead atoms. The minimum absolute atomic E-state index is 0.0203. The summed E-state index contributed by atoms with van der Waals surface area (Å²) < 4.78 is 34.1. The number of carbonyl (C=O) groups excluding carboxylic acids is 1. The summed E-state index contributed by atoms with van der Waals surface area (Å²) in [6.07, 6.45) is 7.32. The van der Waals surface area contributed by atoms with Crippen molar-refractivity contribution in [1.29, 1.82) is 0 Å². The first-order chi connectivity index (χ1) is 17.0. The summed E-state index contributed by atoms with van der Waals surface area (Å²) in [6.45, 7) is 0.203. The van der Waals surface area contributed by atoms with Gasteiger partial charge in [-0.1, -0.05) is 23.4 Å². The Balaban J connectivity index is 1.43. The summed E-state index contributed by atoms with van der Waals surface area (Å²) in [5.41, 5.74) is 8.57. The van der Waals surface area contributed by atoms with Crippen LogP contribution in [0.1, 0.15) is 16.8 Å². The van der Waals surface area contributed by atoms with Crippen molar-refractivity contribution in [3.63, 3.8) is 0 Å². The van der Waals surface area contributed by atoms with Gasteiger partial charge in [-0.25, -0.2) is 18.7 Å². The van der Waals surface area contributed by atoms with E-state index < -0.39 is 17.9 Å². The Morgan fingerprint density at radius 1 is 1.23 bits per heavy atom. The molecule has 1 atom stereocenters. The second-order valence-electron chi connectivity index (χ2n) is 7.78. The van der Waals surface area contributed by atoms with Crippen LogP contribution in [0.2, 0.25) is 0 Å². The van der Waals surface area contributed by atoms with E-state index in [1.165, 1.54) is 36.7 Å². The highest BCUT2D eigenvalue weighted by Crippen LogP contribution is 2.28. The van der Waals surface area contributed by atoms with Crippen LogP contribution in [0.5, 0.6) is 0 Å². The van der Waals surface area contributed by atoms with Crippen molar-refractivity contribution < 1.29 is 18.1 Å². The Morgan fingerprint density at radius 3 is 2.77 bits per heavy atom. The van der Waals surface area contributed by atoms with E-state index in [1.807, 2.05) is 6.08 Å². The SMILES string of the molecule is Nc1nc(-c2cc(-c3ccon3)n(CC3=CC=CCC3F)n2)ncc1NC(=O)c1ccc(F)cc1. The van der Waals surface area contributed by atoms with Crippen LogP contribution in [0.3, 0.4) is 0 Å². The predicted molar refractivity (Wildman–Crippen MR) is 124 cm³/mol. The molecular formula is C24H19F2N7O2. The predicted octanol–water partition coefficient (Wildman–Crippen LogP) is 4.19. The summed E-state index contributed by atoms with van der Waals surface area (Å²) in [4.78, 5) is 21.0. The molecule has 176 valence electrons. The van der Waals surface area contributed by atoms with Gasteiger partial charge in [0.15, 0.2) is 11.6 Å². The first-order valence-electron chi connectivity index (χ1n) is 10.7. The fraction of sp³-hybridized carbons (Fsp3) is 0.125. The van der Waals surface area contributed by atoms with Crippen LogP contribution in [0, 0.1) is 5.82 Å². The number of benzene rings is 1. The van der Waals surface area contributed by atoms with Gasteiger partial charge in [-0.15, -0.1) is 0 Å². The van der Waals surface area contributed by atoms with Crippen molar-refractivity contribution in [2.24, 2.45) is 0 Å². The summed E-state index contributed by atoms with van der Waals surface area (Å²) in [5.74, 6) is -0.704. The molecule has 1 aliphatic rings. The van der Waals surface area contributed by atoms with Crippen LogP contribution in [-0.2, 0) is 6.54 Å². The van der Waals surface area contributed by atoms with Crippen molar-refractivity contribution in [2.45, 2.75) is 19.1 Å². The Kier molecular flexibility index (Phi) is 5.88. The molecule has 0 radical (unpaired) electrons. The molecule has 11 heteroatoms. The number of amides is 1. The minimum atomic E-state index is -1.10. The molecule has 1 aliphatic carbocycles. The number of nitrogens with one attached hydrogen (secondary N) is 1. The van der Waals surface area contributed by atoms with Gasteiger partial charge in [-0.2, -0.15) is 5.10 Å². The standard InChI is InChI=1S/C24H19F2N7O2/c25-16-7-5-14(6-8-16)24(34)29-20-12-28-23(30-22(20)27)19-11-21(18-9-10-35-32-18)33(31-19)13-15-3-1-2-4-17(15)26/h1-3,5-12,17H,4,13H2,(H,29,34)(H2,27,28,30). The van der Waals surface area contributed by atoms with Crippen molar-refractivity contribution in [3.8, 4) is 22.9 Å². The van der Waals surface area contributed by atoms with E-state index in [9.17, 15) is 13.6 Å². The maximum Gasteiger partial charge on any atom is 0.255 e. The van der Waals surface area contributed by atoms with Crippen LogP contribution >= 0.6 is 0 Å². The highest BCUT2D eigenvalue weighted by atomic mass is 19.1. The molecule has 9 nitrogen and oxygen atoms in total. The molecule has 3 aromatic heterocycles. The lowest BCUT2D eigenvalue weighted by Gasteiger charge is -2.15. The highest BCUT2D eigenvalue weighted by Gasteiger charge is 2.21. The number of nitrogens with two attached hydrogens (primary N) is 1. The number of nitrogen functional groups attached to an aromatic ring is 1. The Bertz CT molecular complexity index is 1430. The molecule has 0 fully saturated rings. The van der Waals surface area contributed by atoms with E-state index in [-0.39, 0.29) is 29.4 Å². The number of aromatic nitrogens is 5. The van der Waals surface area contributed by atoms with Gasteiger partial charge in [-0.05, 0) is 35.9 Å². The van der Waals surface area contributed by atoms with E-state index in [0.29, 0.717) is 29.1 Å². The lowest BCUT2D eigenvalue weighted by molar-refractivity contribution is 0.102. The van der Waals surface area contributed by atoms with Gasteiger partial charge >= 0.3 is 0 Å². The van der Waals surface area contributed by atoms with Crippen LogP contribution in [0.25, 0.3) is 22.9 Å². The fourth-order valence-corrected chi connectivity index (χ4v) is 3.58. The van der Waals surface area contributed by atoms with Crippen LogP contribution in [0.4, 0.5) is 20.3 Å². The van der Waals surface area contributed by atoms with Crippen molar-refractivity contribution in [3.05, 3.63) is 84.0 Å². The van der Waals surface area contributed by atoms with Gasteiger partial charge < -0.3 is 15.6 Å². The molecule has 0 saturated heterocycles. The summed E-state index contributed by atoms with van der Waals surface area (Å²) >= 11 is 0. The molecule has 0 aliphatic heterocycles. The smallest absolute Gasteiger partial charge is 0.255 e. The van der Waals surface area contributed by atoms with Gasteiger partial charge in [0.05, 0.1) is 18.4 Å². The molecule has 5 rings (SSSR count). The number of hydrogen-bond donors (Lipinski definition) is 2. The van der Waals surface area contributed by atoms with Crippen LogP contribution in [-0.4, -0.2) is 37.0 Å². The van der Waals surface area contributed by atoms with Crippen molar-refractivity contribution in [2.75, 3.05) is 11.1 Å². The average molecular weight is 475 g/mol. The van der Waals surface area contributed by atoms with Gasteiger partial charge in [0.2, 0.25) is 0 Å². The summed E-state index contributed by atoms with van der Waals surface area (Å²) in [6, 6.07) is 8.46. The first-order valence-corrected chi connectivity index (χ1v) is 10.7. The zero-order valence-corrected chi connectivity index (χ0v) is 18.2. The van der Waals surface area contributed by atoms with Crippen LogP contribution in [0.15, 0.2) is 77.2 Å². The molecular weight excluding hydrogens is 456 g/mol. The summed E-state index contributed by atoms with van der Waals surface area (Å²) in [7, 11) is 0. The van der Waals surface area contributed by atoms with Crippen LogP contribution < -0.4 is 11.1 Å². The molecule has 1 amide bonds. The number of anilines is 2. The van der Waals surface area contributed by atoms with E-state index in [2.05, 4.69) is 25.5 Å². The number of nitrogens with zero attached hydrogens (tertiary/aromatic N) is 5. The number of halogens is 2. The molecule has 3 N–H and O–H groups in total. The minimum Gasteiger partial charge on any atom is -0.382 e. The van der Waals surface area contributed by atoms with Crippen molar-refractivity contribution >= 4 is 17.4 Å². The number of hydrogen-bond acceptors (Lipinski definition) is 7. The van der Waals surface area contributed by atoms with E-state index >= 15 is 0 Å². The molecule has 0 spiro atoms.